The predicted molar refractivity (Wildman–Crippen MR) is 94.6 cm³/mol. The molecule has 0 saturated carbocycles. The summed E-state index contributed by atoms with van der Waals surface area (Å²) in [6.07, 6.45) is 3.41. The Balaban J connectivity index is 1.71. The summed E-state index contributed by atoms with van der Waals surface area (Å²) in [5, 5.41) is 11.9. The van der Waals surface area contributed by atoms with E-state index >= 15 is 0 Å². The Morgan fingerprint density at radius 1 is 1.12 bits per heavy atom. The van der Waals surface area contributed by atoms with Crippen LogP contribution in [0, 0.1) is 0 Å². The van der Waals surface area contributed by atoms with E-state index in [1.54, 1.807) is 46.8 Å². The Kier molecular flexibility index (Phi) is 3.70. The smallest absolute Gasteiger partial charge is 0.277 e. The van der Waals surface area contributed by atoms with Crippen molar-refractivity contribution >= 4 is 29.0 Å². The highest BCUT2D eigenvalue weighted by molar-refractivity contribution is 6.33. The third-order valence-corrected chi connectivity index (χ3v) is 4.03. The van der Waals surface area contributed by atoms with Gasteiger partial charge in [-0.1, -0.05) is 29.8 Å². The molecular weight excluding hydrogens is 340 g/mol. The fourth-order valence-electron chi connectivity index (χ4n) is 2.51. The van der Waals surface area contributed by atoms with E-state index in [0.29, 0.717) is 22.2 Å². The molecule has 0 bridgehead atoms. The lowest BCUT2D eigenvalue weighted by Crippen LogP contribution is -2.15. The number of benzene rings is 1. The average Bonchev–Trinajstić information content (AvgIpc) is 3.21. The molecule has 3 aromatic heterocycles. The first kappa shape index (κ1) is 15.3. The number of nitrogens with one attached hydrogen (secondary N) is 1. The maximum Gasteiger partial charge on any atom is 0.277 e. The van der Waals surface area contributed by atoms with Crippen LogP contribution < -0.4 is 5.32 Å². The van der Waals surface area contributed by atoms with Crippen LogP contribution in [0.1, 0.15) is 10.5 Å². The van der Waals surface area contributed by atoms with Crippen molar-refractivity contribution < 1.29 is 4.79 Å². The molecule has 124 valence electrons. The summed E-state index contributed by atoms with van der Waals surface area (Å²) in [6, 6.07) is 12.6. The molecule has 0 radical (unpaired) electrons. The van der Waals surface area contributed by atoms with Gasteiger partial charge < -0.3 is 5.32 Å². The maximum absolute atomic E-state index is 12.2. The Labute approximate surface area is 147 Å². The minimum Gasteiger partial charge on any atom is -0.304 e. The highest BCUT2D eigenvalue weighted by Crippen LogP contribution is 2.27. The van der Waals surface area contributed by atoms with Crippen molar-refractivity contribution in [2.24, 2.45) is 7.05 Å². The number of nitrogens with zero attached hydrogens (tertiary/aromatic N) is 5. The molecule has 1 amide bonds. The molecule has 0 unspecified atom stereocenters. The van der Waals surface area contributed by atoms with Crippen LogP contribution in [0.15, 0.2) is 54.9 Å². The fourth-order valence-corrected chi connectivity index (χ4v) is 2.74. The van der Waals surface area contributed by atoms with E-state index < -0.39 is 0 Å². The van der Waals surface area contributed by atoms with Crippen LogP contribution in [0.25, 0.3) is 16.9 Å². The topological polar surface area (TPSA) is 77.1 Å². The van der Waals surface area contributed by atoms with Crippen LogP contribution >= 0.6 is 11.6 Å². The summed E-state index contributed by atoms with van der Waals surface area (Å²) in [6.45, 7) is 0. The molecule has 0 fully saturated rings. The van der Waals surface area contributed by atoms with Gasteiger partial charge in [-0.2, -0.15) is 5.10 Å². The van der Waals surface area contributed by atoms with Gasteiger partial charge in [0.2, 0.25) is 0 Å². The van der Waals surface area contributed by atoms with Crippen LogP contribution in [0.4, 0.5) is 5.82 Å². The van der Waals surface area contributed by atoms with Gasteiger partial charge in [0.1, 0.15) is 0 Å². The molecule has 0 aliphatic carbocycles. The largest absolute Gasteiger partial charge is 0.304 e. The highest BCUT2D eigenvalue weighted by Gasteiger charge is 2.13. The molecule has 0 aliphatic heterocycles. The molecular formula is C17H13ClN6O. The van der Waals surface area contributed by atoms with Gasteiger partial charge >= 0.3 is 0 Å². The average molecular weight is 353 g/mol. The Morgan fingerprint density at radius 2 is 1.96 bits per heavy atom. The van der Waals surface area contributed by atoms with Gasteiger partial charge in [0.15, 0.2) is 17.2 Å². The molecule has 8 heteroatoms. The highest BCUT2D eigenvalue weighted by atomic mass is 35.5. The van der Waals surface area contributed by atoms with Crippen molar-refractivity contribution in [1.82, 2.24) is 24.4 Å². The molecule has 1 aromatic carbocycles. The molecule has 0 atom stereocenters. The quantitative estimate of drug-likeness (QED) is 0.614. The number of fused-ring (bicyclic) bond motifs is 1. The van der Waals surface area contributed by atoms with Crippen molar-refractivity contribution in [3.05, 3.63) is 65.6 Å². The molecule has 0 spiro atoms. The Hall–Kier alpha value is -3.19. The summed E-state index contributed by atoms with van der Waals surface area (Å²) in [4.78, 5) is 16.6. The Morgan fingerprint density at radius 3 is 2.72 bits per heavy atom. The lowest BCUT2D eigenvalue weighted by atomic mass is 10.2. The molecule has 1 N–H and O–H groups in total. The van der Waals surface area contributed by atoms with Gasteiger partial charge in [-0.15, -0.1) is 5.10 Å². The number of aromatic nitrogens is 5. The standard InChI is InChI=1S/C17H13ClN6O/c1-23-9-8-13(21-23)17(25)20-15-6-7-16-19-10-14(24(16)22-15)11-4-2-3-5-12(11)18/h2-10H,1H3,(H,20,22,25). The van der Waals surface area contributed by atoms with E-state index in [-0.39, 0.29) is 5.91 Å². The normalized spacial score (nSPS) is 11.0. The summed E-state index contributed by atoms with van der Waals surface area (Å²) in [7, 11) is 1.75. The number of halogens is 1. The zero-order valence-electron chi connectivity index (χ0n) is 13.2. The van der Waals surface area contributed by atoms with Crippen LogP contribution in [-0.4, -0.2) is 30.3 Å². The van der Waals surface area contributed by atoms with E-state index in [9.17, 15) is 4.79 Å². The van der Waals surface area contributed by atoms with E-state index in [4.69, 9.17) is 11.6 Å². The lowest BCUT2D eigenvalue weighted by molar-refractivity contribution is 0.102. The monoisotopic (exact) mass is 352 g/mol. The van der Waals surface area contributed by atoms with Crippen molar-refractivity contribution in [2.75, 3.05) is 5.32 Å². The first-order valence-electron chi connectivity index (χ1n) is 7.52. The van der Waals surface area contributed by atoms with E-state index in [0.717, 1.165) is 11.3 Å². The number of hydrogen-bond acceptors (Lipinski definition) is 4. The minimum absolute atomic E-state index is 0.321. The molecule has 25 heavy (non-hydrogen) atoms. The van der Waals surface area contributed by atoms with E-state index in [1.165, 1.54) is 0 Å². The zero-order chi connectivity index (χ0) is 17.4. The third-order valence-electron chi connectivity index (χ3n) is 3.70. The summed E-state index contributed by atoms with van der Waals surface area (Å²) in [5.74, 6) is 0.0707. The number of anilines is 1. The molecule has 0 saturated heterocycles. The van der Waals surface area contributed by atoms with E-state index in [2.05, 4.69) is 20.5 Å². The van der Waals surface area contributed by atoms with Crippen molar-refractivity contribution in [1.29, 1.82) is 0 Å². The van der Waals surface area contributed by atoms with Gasteiger partial charge in [0.05, 0.1) is 16.9 Å². The number of carbonyl (C=O) groups excluding carboxylic acids is 1. The first-order chi connectivity index (χ1) is 12.1. The lowest BCUT2D eigenvalue weighted by Gasteiger charge is -2.06. The second-order valence-corrected chi connectivity index (χ2v) is 5.85. The fraction of sp³-hybridized carbons (Fsp3) is 0.0588. The minimum atomic E-state index is -0.327. The van der Waals surface area contributed by atoms with Crippen LogP contribution in [0.5, 0.6) is 0 Å². The number of amides is 1. The number of imidazole rings is 1. The van der Waals surface area contributed by atoms with Gasteiger partial charge in [-0.05, 0) is 24.3 Å². The van der Waals surface area contributed by atoms with E-state index in [1.807, 2.05) is 24.3 Å². The van der Waals surface area contributed by atoms with Crippen molar-refractivity contribution in [3.63, 3.8) is 0 Å². The van der Waals surface area contributed by atoms with Gasteiger partial charge in [-0.25, -0.2) is 9.50 Å². The van der Waals surface area contributed by atoms with Crippen molar-refractivity contribution in [3.8, 4) is 11.3 Å². The van der Waals surface area contributed by atoms with Gasteiger partial charge in [-0.3, -0.25) is 9.48 Å². The summed E-state index contributed by atoms with van der Waals surface area (Å²) < 4.78 is 3.21. The van der Waals surface area contributed by atoms with Gasteiger partial charge in [0.25, 0.3) is 5.91 Å². The predicted octanol–water partition coefficient (Wildman–Crippen LogP) is 3.04. The van der Waals surface area contributed by atoms with Crippen LogP contribution in [-0.2, 0) is 7.05 Å². The molecule has 4 rings (SSSR count). The molecule has 0 aliphatic rings. The number of carbonyl (C=O) groups is 1. The number of aryl methyl sites for hydroxylation is 1. The summed E-state index contributed by atoms with van der Waals surface area (Å²) in [5.41, 5.74) is 2.54. The second-order valence-electron chi connectivity index (χ2n) is 5.44. The van der Waals surface area contributed by atoms with Crippen LogP contribution in [0.2, 0.25) is 5.02 Å². The Bertz CT molecular complexity index is 1080. The zero-order valence-corrected chi connectivity index (χ0v) is 14.0. The number of hydrogen-bond donors (Lipinski definition) is 1. The number of rotatable bonds is 3. The maximum atomic E-state index is 12.2. The SMILES string of the molecule is Cn1ccc(C(=O)Nc2ccc3ncc(-c4ccccc4Cl)n3n2)n1. The first-order valence-corrected chi connectivity index (χ1v) is 7.90. The molecule has 7 nitrogen and oxygen atoms in total. The molecule has 3 heterocycles. The van der Waals surface area contributed by atoms with Gasteiger partial charge in [0, 0.05) is 18.8 Å². The van der Waals surface area contributed by atoms with Crippen molar-refractivity contribution in [2.45, 2.75) is 0 Å². The van der Waals surface area contributed by atoms with Crippen LogP contribution in [0.3, 0.4) is 0 Å². The molecule has 4 aromatic rings. The second kappa shape index (κ2) is 6.03. The summed E-state index contributed by atoms with van der Waals surface area (Å²) >= 11 is 6.27. The third kappa shape index (κ3) is 2.85.